The van der Waals surface area contributed by atoms with Crippen LogP contribution in [0.2, 0.25) is 0 Å². The lowest BCUT2D eigenvalue weighted by atomic mass is 10.1. The summed E-state index contributed by atoms with van der Waals surface area (Å²) in [7, 11) is -3.48. The predicted octanol–water partition coefficient (Wildman–Crippen LogP) is 1.70. The molecule has 0 amide bonds. The first-order chi connectivity index (χ1) is 12.7. The summed E-state index contributed by atoms with van der Waals surface area (Å²) < 4.78 is 31.7. The first-order valence-corrected chi connectivity index (χ1v) is 11.2. The smallest absolute Gasteiger partial charge is 0.324 e. The molecule has 2 aromatic rings. The third-order valence-corrected chi connectivity index (χ3v) is 6.64. The average molecular weight is 412 g/mol. The van der Waals surface area contributed by atoms with Gasteiger partial charge in [0.05, 0.1) is 6.26 Å². The monoisotopic (exact) mass is 411 g/mol. The van der Waals surface area contributed by atoms with Crippen molar-refractivity contribution < 1.29 is 22.7 Å². The number of esters is 1. The van der Waals surface area contributed by atoms with Gasteiger partial charge in [-0.05, 0) is 32.8 Å². The largest absolute Gasteiger partial charge is 0.456 e. The molecular weight excluding hydrogens is 390 g/mol. The van der Waals surface area contributed by atoms with Gasteiger partial charge in [-0.3, -0.25) is 14.2 Å². The Labute approximate surface area is 161 Å². The van der Waals surface area contributed by atoms with Crippen LogP contribution in [0.4, 0.5) is 0 Å². The number of hydrogen-bond acceptors (Lipinski definition) is 7. The highest BCUT2D eigenvalue weighted by molar-refractivity contribution is 7.88. The molecule has 1 aliphatic heterocycles. The summed E-state index contributed by atoms with van der Waals surface area (Å²) >= 11 is 1.46. The number of ether oxygens (including phenoxy) is 1. The molecule has 1 atom stereocenters. The minimum absolute atomic E-state index is 0.293. The van der Waals surface area contributed by atoms with Crippen LogP contribution in [0.1, 0.15) is 34.6 Å². The molecule has 1 saturated heterocycles. The molecule has 27 heavy (non-hydrogen) atoms. The second-order valence-electron chi connectivity index (χ2n) is 6.50. The highest BCUT2D eigenvalue weighted by atomic mass is 32.2. The Kier molecular flexibility index (Phi) is 5.50. The zero-order valence-corrected chi connectivity index (χ0v) is 17.0. The van der Waals surface area contributed by atoms with Gasteiger partial charge in [-0.1, -0.05) is 0 Å². The van der Waals surface area contributed by atoms with Gasteiger partial charge in [-0.15, -0.1) is 11.3 Å². The van der Waals surface area contributed by atoms with E-state index in [1.54, 1.807) is 12.3 Å². The quantitative estimate of drug-likeness (QED) is 0.530. The Morgan fingerprint density at radius 1 is 1.37 bits per heavy atom. The maximum Gasteiger partial charge on any atom is 0.324 e. The molecule has 3 rings (SSSR count). The van der Waals surface area contributed by atoms with Gasteiger partial charge < -0.3 is 4.74 Å². The van der Waals surface area contributed by atoms with Crippen molar-refractivity contribution in [1.29, 1.82) is 0 Å². The van der Waals surface area contributed by atoms with E-state index >= 15 is 0 Å². The van der Waals surface area contributed by atoms with E-state index in [4.69, 9.17) is 4.74 Å². The number of sulfonamides is 1. The summed E-state index contributed by atoms with van der Waals surface area (Å²) in [5.74, 6) is -1.01. The predicted molar refractivity (Wildman–Crippen MR) is 101 cm³/mol. The first-order valence-electron chi connectivity index (χ1n) is 8.45. The van der Waals surface area contributed by atoms with Crippen molar-refractivity contribution in [3.05, 3.63) is 34.6 Å². The summed E-state index contributed by atoms with van der Waals surface area (Å²) in [6.07, 6.45) is 3.75. The molecule has 10 heteroatoms. The van der Waals surface area contributed by atoms with Crippen LogP contribution in [-0.4, -0.2) is 59.5 Å². The SMILES string of the molecule is Cc1cc(C(=O)COC(=O)[C@@H]2CCCN2S(C)(=O)=O)c(C)n1-c1nccs1. The molecule has 3 heterocycles. The van der Waals surface area contributed by atoms with E-state index in [1.807, 2.05) is 23.8 Å². The van der Waals surface area contributed by atoms with Gasteiger partial charge in [-0.25, -0.2) is 13.4 Å². The number of hydrogen-bond donors (Lipinski definition) is 0. The van der Waals surface area contributed by atoms with Crippen molar-refractivity contribution in [1.82, 2.24) is 13.9 Å². The topological polar surface area (TPSA) is 98.6 Å². The lowest BCUT2D eigenvalue weighted by Crippen LogP contribution is -2.41. The summed E-state index contributed by atoms with van der Waals surface area (Å²) in [5.41, 5.74) is 2.04. The Morgan fingerprint density at radius 2 is 2.11 bits per heavy atom. The molecule has 0 aromatic carbocycles. The van der Waals surface area contributed by atoms with Gasteiger partial charge in [0.25, 0.3) is 0 Å². The van der Waals surface area contributed by atoms with Gasteiger partial charge in [0.1, 0.15) is 6.04 Å². The number of thiazole rings is 1. The van der Waals surface area contributed by atoms with Crippen molar-refractivity contribution in [2.75, 3.05) is 19.4 Å². The standard InChI is InChI=1S/C17H21N3O5S2/c1-11-9-13(12(2)20(11)17-18-6-8-26-17)15(21)10-25-16(22)14-5-4-7-19(14)27(3,23)24/h6,8-9,14H,4-5,7,10H2,1-3H3/t14-/m0/s1. The third kappa shape index (κ3) is 3.97. The lowest BCUT2D eigenvalue weighted by molar-refractivity contribution is -0.146. The lowest BCUT2D eigenvalue weighted by Gasteiger charge is -2.20. The minimum atomic E-state index is -3.48. The van der Waals surface area contributed by atoms with Crippen LogP contribution < -0.4 is 0 Å². The van der Waals surface area contributed by atoms with Crippen molar-refractivity contribution in [2.45, 2.75) is 32.7 Å². The number of carbonyl (C=O) groups excluding carboxylic acids is 2. The number of aryl methyl sites for hydroxylation is 1. The van der Waals surface area contributed by atoms with Crippen LogP contribution in [0, 0.1) is 13.8 Å². The number of rotatable bonds is 6. The van der Waals surface area contributed by atoms with Gasteiger partial charge in [0.2, 0.25) is 15.8 Å². The maximum atomic E-state index is 12.6. The van der Waals surface area contributed by atoms with E-state index in [-0.39, 0.29) is 5.78 Å². The zero-order chi connectivity index (χ0) is 19.8. The van der Waals surface area contributed by atoms with Crippen molar-refractivity contribution >= 4 is 33.1 Å². The van der Waals surface area contributed by atoms with E-state index in [1.165, 1.54) is 11.3 Å². The fourth-order valence-electron chi connectivity index (χ4n) is 3.35. The van der Waals surface area contributed by atoms with Crippen LogP contribution in [0.15, 0.2) is 17.6 Å². The van der Waals surface area contributed by atoms with Crippen LogP contribution >= 0.6 is 11.3 Å². The fraction of sp³-hybridized carbons (Fsp3) is 0.471. The van der Waals surface area contributed by atoms with E-state index in [2.05, 4.69) is 4.98 Å². The molecular formula is C17H21N3O5S2. The van der Waals surface area contributed by atoms with Crippen LogP contribution in [-0.2, 0) is 19.6 Å². The van der Waals surface area contributed by atoms with E-state index in [9.17, 15) is 18.0 Å². The summed E-state index contributed by atoms with van der Waals surface area (Å²) in [4.78, 5) is 29.1. The van der Waals surface area contributed by atoms with Crippen LogP contribution in [0.3, 0.4) is 0 Å². The zero-order valence-electron chi connectivity index (χ0n) is 15.3. The fourth-order valence-corrected chi connectivity index (χ4v) is 5.22. The van der Waals surface area contributed by atoms with Crippen molar-refractivity contribution in [2.24, 2.45) is 0 Å². The van der Waals surface area contributed by atoms with Gasteiger partial charge in [0.15, 0.2) is 11.7 Å². The molecule has 0 N–H and O–H groups in total. The van der Waals surface area contributed by atoms with Gasteiger partial charge in [-0.2, -0.15) is 4.31 Å². The Balaban J connectivity index is 1.70. The molecule has 1 aliphatic rings. The summed E-state index contributed by atoms with van der Waals surface area (Å²) in [6, 6.07) is 0.890. The highest BCUT2D eigenvalue weighted by Crippen LogP contribution is 2.24. The molecule has 8 nitrogen and oxygen atoms in total. The number of nitrogens with zero attached hydrogens (tertiary/aromatic N) is 3. The second-order valence-corrected chi connectivity index (χ2v) is 9.31. The molecule has 0 radical (unpaired) electrons. The molecule has 0 aliphatic carbocycles. The molecule has 0 bridgehead atoms. The van der Waals surface area contributed by atoms with Gasteiger partial charge in [0, 0.05) is 35.1 Å². The Bertz CT molecular complexity index is 963. The number of aromatic nitrogens is 2. The number of carbonyl (C=O) groups is 2. The molecule has 0 spiro atoms. The Morgan fingerprint density at radius 3 is 2.74 bits per heavy atom. The number of Topliss-reactive ketones (excluding diaryl/α,β-unsaturated/α-hetero) is 1. The highest BCUT2D eigenvalue weighted by Gasteiger charge is 2.37. The van der Waals surface area contributed by atoms with Gasteiger partial charge >= 0.3 is 5.97 Å². The third-order valence-electron chi connectivity index (χ3n) is 4.59. The van der Waals surface area contributed by atoms with Crippen molar-refractivity contribution in [3.8, 4) is 5.13 Å². The van der Waals surface area contributed by atoms with E-state index in [0.29, 0.717) is 24.9 Å². The van der Waals surface area contributed by atoms with Crippen molar-refractivity contribution in [3.63, 3.8) is 0 Å². The van der Waals surface area contributed by atoms with Crippen LogP contribution in [0.25, 0.3) is 5.13 Å². The summed E-state index contributed by atoms with van der Waals surface area (Å²) in [5, 5.41) is 2.61. The van der Waals surface area contributed by atoms with Crippen LogP contribution in [0.5, 0.6) is 0 Å². The maximum absolute atomic E-state index is 12.6. The van der Waals surface area contributed by atoms with E-state index in [0.717, 1.165) is 27.1 Å². The molecule has 1 fully saturated rings. The molecule has 0 unspecified atom stereocenters. The minimum Gasteiger partial charge on any atom is -0.456 e. The summed E-state index contributed by atoms with van der Waals surface area (Å²) in [6.45, 7) is 3.56. The molecule has 2 aromatic heterocycles. The number of ketones is 1. The second kappa shape index (κ2) is 7.53. The normalized spacial score (nSPS) is 18.0. The molecule has 146 valence electrons. The first kappa shape index (κ1) is 19.7. The van der Waals surface area contributed by atoms with E-state index < -0.39 is 28.6 Å². The molecule has 0 saturated carbocycles. The average Bonchev–Trinajstić information content (AvgIpc) is 3.31. The Hall–Kier alpha value is -2.04.